The maximum Gasteiger partial charge on any atom is 0.376 e. The van der Waals surface area contributed by atoms with Crippen LogP contribution in [0.5, 0.6) is 0 Å². The van der Waals surface area contributed by atoms with Crippen LogP contribution in [0.4, 0.5) is 0 Å². The summed E-state index contributed by atoms with van der Waals surface area (Å²) in [6.07, 6.45) is 4.25. The Kier molecular flexibility index (Phi) is 2.52. The van der Waals surface area contributed by atoms with Gasteiger partial charge in [-0.1, -0.05) is 6.08 Å². The Balaban J connectivity index is 2.49. The van der Waals surface area contributed by atoms with Crippen LogP contribution in [-0.2, 0) is 0 Å². The van der Waals surface area contributed by atoms with Crippen molar-refractivity contribution in [3.8, 4) is 0 Å². The summed E-state index contributed by atoms with van der Waals surface area (Å²) in [5.41, 5.74) is 0. The van der Waals surface area contributed by atoms with Gasteiger partial charge in [-0.15, -0.1) is 6.58 Å². The van der Waals surface area contributed by atoms with Gasteiger partial charge in [-0.2, -0.15) is 0 Å². The van der Waals surface area contributed by atoms with Crippen molar-refractivity contribution >= 4 is 7.05 Å². The van der Waals surface area contributed by atoms with Gasteiger partial charge in [0.25, 0.3) is 0 Å². The summed E-state index contributed by atoms with van der Waals surface area (Å²) in [5, 5.41) is 9.23. The van der Waals surface area contributed by atoms with E-state index in [1.807, 2.05) is 12.9 Å². The second-order valence-corrected chi connectivity index (χ2v) is 2.81. The standard InChI is InChI=1S/C7H14BNO/c1-3-7-5-4-6-9(7)8(2)10/h3,7,10H,1,4-6H2,2H3. The van der Waals surface area contributed by atoms with E-state index in [0.29, 0.717) is 6.04 Å². The fourth-order valence-corrected chi connectivity index (χ4v) is 1.53. The van der Waals surface area contributed by atoms with Crippen LogP contribution in [0.3, 0.4) is 0 Å². The van der Waals surface area contributed by atoms with E-state index in [1.165, 1.54) is 6.42 Å². The van der Waals surface area contributed by atoms with Crippen LogP contribution < -0.4 is 0 Å². The van der Waals surface area contributed by atoms with E-state index < -0.39 is 0 Å². The van der Waals surface area contributed by atoms with Crippen LogP contribution in [0.1, 0.15) is 12.8 Å². The van der Waals surface area contributed by atoms with Gasteiger partial charge in [-0.3, -0.25) is 0 Å². The average Bonchev–Trinajstić information content (AvgIpc) is 2.33. The molecule has 0 aromatic heterocycles. The maximum absolute atomic E-state index is 9.23. The van der Waals surface area contributed by atoms with Gasteiger partial charge in [0.2, 0.25) is 0 Å². The second kappa shape index (κ2) is 3.22. The first-order chi connectivity index (χ1) is 4.75. The van der Waals surface area contributed by atoms with E-state index in [9.17, 15) is 5.02 Å². The van der Waals surface area contributed by atoms with E-state index >= 15 is 0 Å². The van der Waals surface area contributed by atoms with Gasteiger partial charge in [0, 0.05) is 6.04 Å². The highest BCUT2D eigenvalue weighted by Crippen LogP contribution is 2.17. The number of nitrogens with zero attached hydrogens (tertiary/aromatic N) is 1. The van der Waals surface area contributed by atoms with Crippen molar-refractivity contribution in [2.75, 3.05) is 6.54 Å². The van der Waals surface area contributed by atoms with Gasteiger partial charge >= 0.3 is 7.05 Å². The highest BCUT2D eigenvalue weighted by molar-refractivity contribution is 6.45. The van der Waals surface area contributed by atoms with Crippen LogP contribution >= 0.6 is 0 Å². The van der Waals surface area contributed by atoms with Gasteiger partial charge in [-0.25, -0.2) is 0 Å². The molecule has 0 radical (unpaired) electrons. The molecule has 1 saturated heterocycles. The van der Waals surface area contributed by atoms with Crippen LogP contribution in [0, 0.1) is 0 Å². The van der Waals surface area contributed by atoms with E-state index in [2.05, 4.69) is 11.4 Å². The molecular formula is C7H14BNO. The molecule has 1 aliphatic heterocycles. The minimum absolute atomic E-state index is 0.314. The Morgan fingerprint density at radius 2 is 2.50 bits per heavy atom. The third kappa shape index (κ3) is 1.41. The lowest BCUT2D eigenvalue weighted by Crippen LogP contribution is -2.39. The topological polar surface area (TPSA) is 23.5 Å². The molecule has 3 heteroatoms. The number of hydrogen-bond acceptors (Lipinski definition) is 2. The summed E-state index contributed by atoms with van der Waals surface area (Å²) in [4.78, 5) is 2.06. The Morgan fingerprint density at radius 3 is 2.90 bits per heavy atom. The quantitative estimate of drug-likeness (QED) is 0.450. The minimum atomic E-state index is -0.314. The summed E-state index contributed by atoms with van der Waals surface area (Å²) in [6.45, 7) is 6.54. The smallest absolute Gasteiger partial charge is 0.376 e. The highest BCUT2D eigenvalue weighted by atomic mass is 16.2. The normalized spacial score (nSPS) is 26.8. The van der Waals surface area contributed by atoms with E-state index in [-0.39, 0.29) is 7.05 Å². The zero-order chi connectivity index (χ0) is 7.56. The predicted molar refractivity (Wildman–Crippen MR) is 43.8 cm³/mol. The molecule has 0 aromatic carbocycles. The summed E-state index contributed by atoms with van der Waals surface area (Å²) in [7, 11) is -0.314. The molecule has 1 heterocycles. The van der Waals surface area contributed by atoms with Crippen LogP contribution in [-0.4, -0.2) is 29.5 Å². The molecule has 1 rings (SSSR count). The molecular weight excluding hydrogens is 125 g/mol. The zero-order valence-corrected chi connectivity index (χ0v) is 6.45. The maximum atomic E-state index is 9.23. The third-order valence-electron chi connectivity index (χ3n) is 2.09. The Bertz CT molecular complexity index is 127. The molecule has 1 fully saturated rings. The lowest BCUT2D eigenvalue weighted by molar-refractivity contribution is 0.383. The van der Waals surface area contributed by atoms with Gasteiger partial charge in [-0.05, 0) is 26.2 Å². The summed E-state index contributed by atoms with van der Waals surface area (Å²) >= 11 is 0. The molecule has 1 aliphatic rings. The van der Waals surface area contributed by atoms with Crippen LogP contribution in [0.2, 0.25) is 6.82 Å². The Hall–Kier alpha value is -0.275. The minimum Gasteiger partial charge on any atom is -0.437 e. The molecule has 10 heavy (non-hydrogen) atoms. The van der Waals surface area contributed by atoms with Crippen molar-refractivity contribution in [3.63, 3.8) is 0 Å². The van der Waals surface area contributed by atoms with Crippen molar-refractivity contribution in [2.24, 2.45) is 0 Å². The second-order valence-electron chi connectivity index (χ2n) is 2.81. The lowest BCUT2D eigenvalue weighted by atomic mass is 9.84. The summed E-state index contributed by atoms with van der Waals surface area (Å²) in [5.74, 6) is 0. The van der Waals surface area contributed by atoms with Crippen molar-refractivity contribution in [1.29, 1.82) is 0 Å². The van der Waals surface area contributed by atoms with Crippen molar-refractivity contribution in [1.82, 2.24) is 4.81 Å². The van der Waals surface area contributed by atoms with Gasteiger partial charge in [0.15, 0.2) is 0 Å². The molecule has 1 N–H and O–H groups in total. The van der Waals surface area contributed by atoms with Crippen LogP contribution in [0.15, 0.2) is 12.7 Å². The zero-order valence-electron chi connectivity index (χ0n) is 6.45. The molecule has 2 nitrogen and oxygen atoms in total. The molecule has 0 aromatic rings. The first kappa shape index (κ1) is 7.83. The van der Waals surface area contributed by atoms with Gasteiger partial charge in [0.1, 0.15) is 0 Å². The fourth-order valence-electron chi connectivity index (χ4n) is 1.53. The molecule has 0 bridgehead atoms. The summed E-state index contributed by atoms with van der Waals surface area (Å²) in [6, 6.07) is 0.403. The van der Waals surface area contributed by atoms with Gasteiger partial charge < -0.3 is 9.83 Å². The SMILES string of the molecule is C=CC1CCCN1B(C)O. The first-order valence-electron chi connectivity index (χ1n) is 3.82. The highest BCUT2D eigenvalue weighted by Gasteiger charge is 2.27. The molecule has 56 valence electrons. The monoisotopic (exact) mass is 139 g/mol. The number of hydrogen-bond donors (Lipinski definition) is 1. The molecule has 1 atom stereocenters. The van der Waals surface area contributed by atoms with Gasteiger partial charge in [0.05, 0.1) is 0 Å². The van der Waals surface area contributed by atoms with Crippen molar-refractivity contribution in [2.45, 2.75) is 25.7 Å². The van der Waals surface area contributed by atoms with E-state index in [4.69, 9.17) is 0 Å². The molecule has 0 saturated carbocycles. The van der Waals surface area contributed by atoms with Crippen molar-refractivity contribution in [3.05, 3.63) is 12.7 Å². The number of rotatable bonds is 2. The third-order valence-corrected chi connectivity index (χ3v) is 2.09. The van der Waals surface area contributed by atoms with E-state index in [1.54, 1.807) is 0 Å². The molecule has 1 unspecified atom stereocenters. The van der Waals surface area contributed by atoms with Crippen LogP contribution in [0.25, 0.3) is 0 Å². The Morgan fingerprint density at radius 1 is 1.80 bits per heavy atom. The largest absolute Gasteiger partial charge is 0.437 e. The Labute approximate surface area is 62.7 Å². The summed E-state index contributed by atoms with van der Waals surface area (Å²) < 4.78 is 0. The molecule has 0 aliphatic carbocycles. The fraction of sp³-hybridized carbons (Fsp3) is 0.714. The first-order valence-corrected chi connectivity index (χ1v) is 3.82. The lowest BCUT2D eigenvalue weighted by Gasteiger charge is -2.21. The predicted octanol–water partition coefficient (Wildman–Crippen LogP) is 0.747. The molecule has 0 spiro atoms. The average molecular weight is 139 g/mol. The molecule has 0 amide bonds. The van der Waals surface area contributed by atoms with Crippen molar-refractivity contribution < 1.29 is 5.02 Å². The van der Waals surface area contributed by atoms with E-state index in [0.717, 1.165) is 13.0 Å².